The van der Waals surface area contributed by atoms with Gasteiger partial charge in [0.2, 0.25) is 0 Å². The number of ether oxygens (including phenoxy) is 1. The Morgan fingerprint density at radius 2 is 2.04 bits per heavy atom. The maximum absolute atomic E-state index is 10.8. The van der Waals surface area contributed by atoms with Gasteiger partial charge in [0.25, 0.3) is 0 Å². The van der Waals surface area contributed by atoms with Gasteiger partial charge in [0.15, 0.2) is 11.5 Å². The van der Waals surface area contributed by atoms with E-state index in [1.54, 1.807) is 9.47 Å². The number of rotatable bonds is 7. The molecule has 0 bridgehead atoms. The molecule has 1 saturated heterocycles. The highest BCUT2D eigenvalue weighted by molar-refractivity contribution is 8.25. The molecule has 12 heteroatoms. The fourth-order valence-corrected chi connectivity index (χ4v) is 3.45. The third-order valence-electron chi connectivity index (χ3n) is 4.75. The molecule has 28 heavy (non-hydrogen) atoms. The van der Waals surface area contributed by atoms with E-state index in [2.05, 4.69) is 48.0 Å². The SMILES string of the molecule is CC[NH+](CC)CC.Nc1ncnc2c1ncn2[C@H]1C[C@H](O)[C@@H](CO[P+](=O)[S-])O1. The summed E-state index contributed by atoms with van der Waals surface area (Å²) in [6.07, 6.45) is 1.38. The number of nitrogens with one attached hydrogen (secondary N) is 1. The lowest BCUT2D eigenvalue weighted by Gasteiger charge is -2.13. The van der Waals surface area contributed by atoms with Gasteiger partial charge in [0.05, 0.1) is 32.1 Å². The number of anilines is 1. The van der Waals surface area contributed by atoms with Crippen molar-refractivity contribution >= 4 is 36.5 Å². The summed E-state index contributed by atoms with van der Waals surface area (Å²) in [5, 5.41) is 9.97. The molecule has 2 aromatic heterocycles. The molecule has 0 amide bonds. The molecule has 3 heterocycles. The normalized spacial score (nSPS) is 22.4. The second kappa shape index (κ2) is 11.0. The van der Waals surface area contributed by atoms with E-state index < -0.39 is 25.7 Å². The predicted octanol–water partition coefficient (Wildman–Crippen LogP) is 0.209. The molecule has 0 aliphatic carbocycles. The van der Waals surface area contributed by atoms with Crippen LogP contribution < -0.4 is 10.6 Å². The van der Waals surface area contributed by atoms with Crippen LogP contribution in [0.25, 0.3) is 11.2 Å². The van der Waals surface area contributed by atoms with Crippen LogP contribution in [-0.4, -0.2) is 63.1 Å². The number of aromatic nitrogens is 4. The summed E-state index contributed by atoms with van der Waals surface area (Å²) in [6, 6.07) is 0. The molecule has 4 N–H and O–H groups in total. The Morgan fingerprint density at radius 1 is 1.36 bits per heavy atom. The fourth-order valence-electron chi connectivity index (χ4n) is 3.00. The van der Waals surface area contributed by atoms with Gasteiger partial charge in [-0.1, -0.05) is 4.57 Å². The number of nitrogen functional groups attached to an aromatic ring is 1. The van der Waals surface area contributed by atoms with Gasteiger partial charge in [-0.05, 0) is 20.8 Å². The Hall–Kier alpha value is -1.36. The summed E-state index contributed by atoms with van der Waals surface area (Å²) in [6.45, 7) is 10.5. The molecule has 0 saturated carbocycles. The van der Waals surface area contributed by atoms with Gasteiger partial charge >= 0.3 is 7.23 Å². The molecule has 1 fully saturated rings. The van der Waals surface area contributed by atoms with E-state index in [1.165, 1.54) is 32.3 Å². The molecule has 2 aromatic rings. The van der Waals surface area contributed by atoms with Crippen LogP contribution in [0.5, 0.6) is 0 Å². The molecule has 10 nitrogen and oxygen atoms in total. The fraction of sp³-hybridized carbons (Fsp3) is 0.688. The van der Waals surface area contributed by atoms with E-state index in [1.807, 2.05) is 0 Å². The molecule has 0 aromatic carbocycles. The molecule has 1 unspecified atom stereocenters. The summed E-state index contributed by atoms with van der Waals surface area (Å²) in [4.78, 5) is 13.8. The number of quaternary nitrogens is 1. The molecule has 1 aliphatic rings. The number of imidazole rings is 1. The van der Waals surface area contributed by atoms with Crippen LogP contribution in [0.2, 0.25) is 0 Å². The molecule has 3 rings (SSSR count). The van der Waals surface area contributed by atoms with Crippen LogP contribution in [0.1, 0.15) is 33.4 Å². The van der Waals surface area contributed by atoms with Gasteiger partial charge in [-0.2, -0.15) is 4.52 Å². The zero-order valence-corrected chi connectivity index (χ0v) is 18.0. The standard InChI is InChI=1S/C10H12N5O4PS.C6H15N/c11-9-8-10(13-3-12-9)15(4-14-8)7-1-5(16)6(19-7)2-18-20(17)21;1-4-7(5-2)6-3/h3-7,16H,1-2H2,(H2,11,12,13);4-6H2,1-3H3/p+1/t5-,6+,7+;/m0./s1. The maximum Gasteiger partial charge on any atom is 0.372 e. The van der Waals surface area contributed by atoms with E-state index in [0.717, 1.165) is 0 Å². The van der Waals surface area contributed by atoms with Gasteiger partial charge in [-0.15, -0.1) is 0 Å². The number of nitrogens with zero attached hydrogens (tertiary/aromatic N) is 4. The number of hydrogen-bond donors (Lipinski definition) is 3. The molecular weight excluding hydrogens is 403 g/mol. The zero-order valence-electron chi connectivity index (χ0n) is 16.3. The van der Waals surface area contributed by atoms with Crippen molar-refractivity contribution in [3.63, 3.8) is 0 Å². The number of fused-ring (bicyclic) bond motifs is 1. The first-order valence-corrected chi connectivity index (χ1v) is 11.5. The highest BCUT2D eigenvalue weighted by Gasteiger charge is 2.37. The minimum atomic E-state index is -2.14. The first kappa shape index (κ1) is 22.9. The van der Waals surface area contributed by atoms with E-state index in [9.17, 15) is 9.67 Å². The van der Waals surface area contributed by atoms with Crippen molar-refractivity contribution in [2.45, 2.75) is 45.6 Å². The first-order valence-electron chi connectivity index (χ1n) is 9.28. The van der Waals surface area contributed by atoms with Crippen LogP contribution >= 0.6 is 7.23 Å². The molecular formula is C16H28N6O4PS+. The number of nitrogens with two attached hydrogens (primary N) is 1. The average Bonchev–Trinajstić information content (AvgIpc) is 3.26. The Kier molecular flexibility index (Phi) is 9.00. The van der Waals surface area contributed by atoms with E-state index in [0.29, 0.717) is 17.6 Å². The van der Waals surface area contributed by atoms with Crippen LogP contribution in [-0.2, 0) is 26.1 Å². The average molecular weight is 431 g/mol. The lowest BCUT2D eigenvalue weighted by Crippen LogP contribution is -3.11. The molecule has 0 radical (unpaired) electrons. The van der Waals surface area contributed by atoms with Crippen LogP contribution in [0.15, 0.2) is 12.7 Å². The summed E-state index contributed by atoms with van der Waals surface area (Å²) < 4.78 is 23.0. The van der Waals surface area contributed by atoms with E-state index in [-0.39, 0.29) is 12.4 Å². The Labute approximate surface area is 170 Å². The van der Waals surface area contributed by atoms with E-state index >= 15 is 0 Å². The second-order valence-corrected chi connectivity index (χ2v) is 7.95. The number of hydrogen-bond acceptors (Lipinski definition) is 9. The van der Waals surface area contributed by atoms with Crippen LogP contribution in [0, 0.1) is 0 Å². The first-order chi connectivity index (χ1) is 13.4. The quantitative estimate of drug-likeness (QED) is 0.416. The lowest BCUT2D eigenvalue weighted by molar-refractivity contribution is -0.894. The maximum atomic E-state index is 10.8. The monoisotopic (exact) mass is 431 g/mol. The Bertz CT molecular complexity index is 769. The van der Waals surface area contributed by atoms with Crippen molar-refractivity contribution < 1.29 is 23.8 Å². The highest BCUT2D eigenvalue weighted by Crippen LogP contribution is 2.32. The van der Waals surface area contributed by atoms with Crippen molar-refractivity contribution in [2.75, 3.05) is 32.0 Å². The van der Waals surface area contributed by atoms with Crippen molar-refractivity contribution in [2.24, 2.45) is 0 Å². The number of aliphatic hydroxyl groups excluding tert-OH is 1. The Balaban J connectivity index is 0.000000345. The second-order valence-electron chi connectivity index (χ2n) is 6.35. The third kappa shape index (κ3) is 5.82. The van der Waals surface area contributed by atoms with Crippen molar-refractivity contribution in [3.8, 4) is 0 Å². The topological polar surface area (TPSA) is 130 Å². The van der Waals surface area contributed by atoms with Gasteiger partial charge in [-0.3, -0.25) is 4.57 Å². The number of aliphatic hydroxyl groups is 1. The lowest BCUT2D eigenvalue weighted by atomic mass is 10.2. The summed E-state index contributed by atoms with van der Waals surface area (Å²) >= 11 is 4.44. The van der Waals surface area contributed by atoms with Crippen molar-refractivity contribution in [1.29, 1.82) is 0 Å². The third-order valence-corrected chi connectivity index (χ3v) is 5.42. The highest BCUT2D eigenvalue weighted by atomic mass is 32.7. The summed E-state index contributed by atoms with van der Waals surface area (Å²) in [5.41, 5.74) is 6.72. The minimum Gasteiger partial charge on any atom is -0.408 e. The van der Waals surface area contributed by atoms with Gasteiger partial charge in [0, 0.05) is 6.42 Å². The Morgan fingerprint density at radius 3 is 2.61 bits per heavy atom. The molecule has 0 spiro atoms. The van der Waals surface area contributed by atoms with Crippen molar-refractivity contribution in [3.05, 3.63) is 12.7 Å². The van der Waals surface area contributed by atoms with Gasteiger partial charge in [0.1, 0.15) is 30.8 Å². The minimum absolute atomic E-state index is 0.0277. The zero-order chi connectivity index (χ0) is 20.7. The van der Waals surface area contributed by atoms with Gasteiger partial charge < -0.3 is 32.7 Å². The van der Waals surface area contributed by atoms with Gasteiger partial charge in [-0.25, -0.2) is 15.0 Å². The molecule has 4 atom stereocenters. The van der Waals surface area contributed by atoms with Crippen LogP contribution in [0.3, 0.4) is 0 Å². The van der Waals surface area contributed by atoms with Crippen molar-refractivity contribution in [1.82, 2.24) is 19.5 Å². The predicted molar refractivity (Wildman–Crippen MR) is 108 cm³/mol. The molecule has 156 valence electrons. The largest absolute Gasteiger partial charge is 0.408 e. The van der Waals surface area contributed by atoms with Crippen LogP contribution in [0.4, 0.5) is 5.82 Å². The summed E-state index contributed by atoms with van der Waals surface area (Å²) in [5.74, 6) is 0.278. The molecule has 1 aliphatic heterocycles. The van der Waals surface area contributed by atoms with E-state index in [4.69, 9.17) is 15.0 Å². The smallest absolute Gasteiger partial charge is 0.372 e. The summed E-state index contributed by atoms with van der Waals surface area (Å²) in [7, 11) is -2.14.